The fourth-order valence-electron chi connectivity index (χ4n) is 5.07. The number of nitrogens with zero attached hydrogens (tertiary/aromatic N) is 3. The van der Waals surface area contributed by atoms with Crippen LogP contribution in [0.4, 0.5) is 0 Å². The van der Waals surface area contributed by atoms with Crippen molar-refractivity contribution in [1.82, 2.24) is 14.5 Å². The van der Waals surface area contributed by atoms with E-state index in [1.54, 1.807) is 7.11 Å². The Bertz CT molecular complexity index is 1190. The molecule has 0 atom stereocenters. The first kappa shape index (κ1) is 20.8. The van der Waals surface area contributed by atoms with Crippen LogP contribution in [0.1, 0.15) is 31.2 Å². The van der Waals surface area contributed by atoms with Crippen molar-refractivity contribution in [2.24, 2.45) is 5.92 Å². The zero-order valence-corrected chi connectivity index (χ0v) is 18.7. The minimum Gasteiger partial charge on any atom is -0.495 e. The number of benzene rings is 2. The highest BCUT2D eigenvalue weighted by molar-refractivity contribution is 6.03. The Balaban J connectivity index is 1.20. The molecule has 5 heteroatoms. The summed E-state index contributed by atoms with van der Waals surface area (Å²) in [7, 11) is 1.65. The number of ether oxygens (including phenoxy) is 1. The number of rotatable bonds is 7. The van der Waals surface area contributed by atoms with Gasteiger partial charge in [-0.1, -0.05) is 42.5 Å². The highest BCUT2D eigenvalue weighted by atomic mass is 16.5. The van der Waals surface area contributed by atoms with Gasteiger partial charge < -0.3 is 14.4 Å². The Labute approximate surface area is 189 Å². The predicted molar refractivity (Wildman–Crippen MR) is 129 cm³/mol. The van der Waals surface area contributed by atoms with Crippen molar-refractivity contribution in [3.63, 3.8) is 0 Å². The van der Waals surface area contributed by atoms with E-state index >= 15 is 0 Å². The van der Waals surface area contributed by atoms with E-state index in [2.05, 4.69) is 35.2 Å². The molecule has 1 fully saturated rings. The molecule has 0 bridgehead atoms. The third kappa shape index (κ3) is 4.17. The molecule has 0 amide bonds. The molecule has 1 N–H and O–H groups in total. The van der Waals surface area contributed by atoms with E-state index in [0.29, 0.717) is 11.1 Å². The Hall–Kier alpha value is -3.05. The molecule has 1 aliphatic heterocycles. The Morgan fingerprint density at radius 3 is 2.53 bits per heavy atom. The predicted octanol–water partition coefficient (Wildman–Crippen LogP) is 5.60. The van der Waals surface area contributed by atoms with Crippen molar-refractivity contribution in [3.05, 3.63) is 66.4 Å². The van der Waals surface area contributed by atoms with Crippen LogP contribution in [0.3, 0.4) is 0 Å². The number of aromatic hydroxyl groups is 1. The van der Waals surface area contributed by atoms with Gasteiger partial charge in [-0.05, 0) is 62.4 Å². The van der Waals surface area contributed by atoms with E-state index in [0.717, 1.165) is 41.8 Å². The first-order chi connectivity index (χ1) is 15.7. The third-order valence-electron chi connectivity index (χ3n) is 6.82. The van der Waals surface area contributed by atoms with Gasteiger partial charge >= 0.3 is 0 Å². The van der Waals surface area contributed by atoms with Crippen LogP contribution in [0.15, 0.2) is 60.8 Å². The molecule has 0 aliphatic carbocycles. The minimum absolute atomic E-state index is 0.257. The van der Waals surface area contributed by atoms with Gasteiger partial charge in [0.05, 0.1) is 18.1 Å². The van der Waals surface area contributed by atoms with Gasteiger partial charge in [0.2, 0.25) is 5.88 Å². The fourth-order valence-corrected chi connectivity index (χ4v) is 5.07. The number of fused-ring (bicyclic) bond motifs is 2. The van der Waals surface area contributed by atoms with Crippen LogP contribution in [0, 0.1) is 5.92 Å². The quantitative estimate of drug-likeness (QED) is 0.416. The lowest BCUT2D eigenvalue weighted by Gasteiger charge is -2.32. The molecule has 2 aromatic heterocycles. The maximum absolute atomic E-state index is 10.9. The summed E-state index contributed by atoms with van der Waals surface area (Å²) in [5.41, 5.74) is 3.07. The largest absolute Gasteiger partial charge is 0.495 e. The number of hydrogen-bond donors (Lipinski definition) is 1. The molecule has 0 unspecified atom stereocenters. The number of pyridine rings is 1. The fraction of sp³-hybridized carbons (Fsp3) is 0.370. The molecule has 0 saturated carbocycles. The Kier molecular flexibility index (Phi) is 5.99. The lowest BCUT2D eigenvalue weighted by molar-refractivity contribution is 0.170. The van der Waals surface area contributed by atoms with Crippen molar-refractivity contribution < 1.29 is 9.84 Å². The third-order valence-corrected chi connectivity index (χ3v) is 6.82. The van der Waals surface area contributed by atoms with Gasteiger partial charge in [-0.3, -0.25) is 4.90 Å². The number of piperidine rings is 1. The van der Waals surface area contributed by atoms with Crippen molar-refractivity contribution in [1.29, 1.82) is 0 Å². The number of likely N-dealkylation sites (tertiary alicyclic amines) is 1. The molecule has 32 heavy (non-hydrogen) atoms. The van der Waals surface area contributed by atoms with Crippen LogP contribution in [-0.2, 0) is 13.1 Å². The van der Waals surface area contributed by atoms with Gasteiger partial charge in [-0.15, -0.1) is 0 Å². The summed E-state index contributed by atoms with van der Waals surface area (Å²) < 4.78 is 7.60. The topological polar surface area (TPSA) is 50.5 Å². The summed E-state index contributed by atoms with van der Waals surface area (Å²) in [6, 6.07) is 18.7. The second kappa shape index (κ2) is 9.21. The van der Waals surface area contributed by atoms with Crippen LogP contribution in [0.2, 0.25) is 0 Å². The summed E-state index contributed by atoms with van der Waals surface area (Å²) in [5.74, 6) is 1.73. The summed E-state index contributed by atoms with van der Waals surface area (Å²) in [5, 5.41) is 12.5. The molecule has 2 aromatic carbocycles. The molecular formula is C27H31N3O2. The van der Waals surface area contributed by atoms with E-state index in [1.165, 1.54) is 37.9 Å². The zero-order valence-electron chi connectivity index (χ0n) is 18.7. The minimum atomic E-state index is 0.257. The van der Waals surface area contributed by atoms with E-state index in [9.17, 15) is 5.11 Å². The summed E-state index contributed by atoms with van der Waals surface area (Å²) >= 11 is 0. The summed E-state index contributed by atoms with van der Waals surface area (Å²) in [6.45, 7) is 4.20. The van der Waals surface area contributed by atoms with Gasteiger partial charge in [-0.2, -0.15) is 0 Å². The highest BCUT2D eigenvalue weighted by Crippen LogP contribution is 2.39. The number of methoxy groups -OCH3 is 1. The number of aromatic nitrogens is 2. The normalized spacial score (nSPS) is 15.5. The van der Waals surface area contributed by atoms with Gasteiger partial charge in [0, 0.05) is 24.7 Å². The van der Waals surface area contributed by atoms with Gasteiger partial charge in [0.25, 0.3) is 0 Å². The number of para-hydroxylation sites is 1. The second-order valence-corrected chi connectivity index (χ2v) is 8.92. The molecule has 166 valence electrons. The van der Waals surface area contributed by atoms with E-state index in [-0.39, 0.29) is 5.88 Å². The molecule has 1 saturated heterocycles. The van der Waals surface area contributed by atoms with Crippen molar-refractivity contribution in [2.45, 2.75) is 38.8 Å². The second-order valence-electron chi connectivity index (χ2n) is 8.92. The first-order valence-corrected chi connectivity index (χ1v) is 11.6. The molecule has 0 spiro atoms. The number of aryl methyl sites for hydroxylation is 1. The standard InChI is InChI=1S/C27H31N3O2/c1-32-26-22-11-5-6-12-23(22)28-24-19-30(27(31)25(24)26)15-7-10-20-13-16-29(17-14-20)18-21-8-3-2-4-9-21/h2-6,8-9,11-12,19-20,31H,7,10,13-18H2,1H3. The molecule has 5 rings (SSSR count). The average Bonchev–Trinajstić information content (AvgIpc) is 3.14. The SMILES string of the molecule is COc1c2ccccc2nc2cn(CCCC3CCN(Cc4ccccc4)CC3)c(O)c12. The molecule has 4 aromatic rings. The summed E-state index contributed by atoms with van der Waals surface area (Å²) in [4.78, 5) is 7.31. The van der Waals surface area contributed by atoms with Crippen molar-refractivity contribution in [2.75, 3.05) is 20.2 Å². The maximum Gasteiger partial charge on any atom is 0.204 e. The highest BCUT2D eigenvalue weighted by Gasteiger charge is 2.20. The van der Waals surface area contributed by atoms with Crippen LogP contribution < -0.4 is 4.74 Å². The monoisotopic (exact) mass is 429 g/mol. The van der Waals surface area contributed by atoms with Crippen molar-refractivity contribution in [3.8, 4) is 11.6 Å². The van der Waals surface area contributed by atoms with Gasteiger partial charge in [-0.25, -0.2) is 4.98 Å². The molecule has 0 radical (unpaired) electrons. The van der Waals surface area contributed by atoms with E-state index < -0.39 is 0 Å². The maximum atomic E-state index is 10.9. The summed E-state index contributed by atoms with van der Waals surface area (Å²) in [6.07, 6.45) is 6.72. The molecule has 5 nitrogen and oxygen atoms in total. The Morgan fingerprint density at radius 1 is 1.00 bits per heavy atom. The Morgan fingerprint density at radius 2 is 1.75 bits per heavy atom. The molecule has 3 heterocycles. The zero-order chi connectivity index (χ0) is 21.9. The van der Waals surface area contributed by atoms with Crippen LogP contribution >= 0.6 is 0 Å². The molecule has 1 aliphatic rings. The van der Waals surface area contributed by atoms with Crippen LogP contribution in [0.25, 0.3) is 21.8 Å². The van der Waals surface area contributed by atoms with Crippen molar-refractivity contribution >= 4 is 21.8 Å². The van der Waals surface area contributed by atoms with Gasteiger partial charge in [0.1, 0.15) is 11.1 Å². The van der Waals surface area contributed by atoms with Crippen LogP contribution in [0.5, 0.6) is 11.6 Å². The molecular weight excluding hydrogens is 398 g/mol. The lowest BCUT2D eigenvalue weighted by atomic mass is 9.92. The number of hydrogen-bond acceptors (Lipinski definition) is 4. The van der Waals surface area contributed by atoms with E-state index in [4.69, 9.17) is 9.72 Å². The van der Waals surface area contributed by atoms with E-state index in [1.807, 2.05) is 35.0 Å². The smallest absolute Gasteiger partial charge is 0.204 e. The average molecular weight is 430 g/mol. The van der Waals surface area contributed by atoms with Crippen LogP contribution in [-0.4, -0.2) is 39.8 Å². The lowest BCUT2D eigenvalue weighted by Crippen LogP contribution is -2.33. The van der Waals surface area contributed by atoms with Gasteiger partial charge in [0.15, 0.2) is 0 Å². The first-order valence-electron chi connectivity index (χ1n) is 11.6.